The van der Waals surface area contributed by atoms with Crippen LogP contribution in [-0.4, -0.2) is 39.7 Å². The lowest BCUT2D eigenvalue weighted by Crippen LogP contribution is -2.57. The normalized spacial score (nSPS) is 13.8. The molecule has 2 nitrogen and oxygen atoms in total. The predicted molar refractivity (Wildman–Crippen MR) is 111 cm³/mol. The maximum absolute atomic E-state index is 16.3. The van der Waals surface area contributed by atoms with Crippen LogP contribution in [0.1, 0.15) is 59.9 Å². The minimum atomic E-state index is -3.17. The van der Waals surface area contributed by atoms with E-state index < -0.39 is 8.41 Å². The highest BCUT2D eigenvalue weighted by molar-refractivity contribution is 6.90. The third-order valence-corrected chi connectivity index (χ3v) is 10.4. The first kappa shape index (κ1) is 22.0. The zero-order valence-electron chi connectivity index (χ0n) is 17.5. The van der Waals surface area contributed by atoms with Crippen LogP contribution in [-0.2, 0) is 6.54 Å². The molecule has 0 saturated carbocycles. The fourth-order valence-electron chi connectivity index (χ4n) is 4.03. The second kappa shape index (κ2) is 7.71. The molecule has 1 aromatic carbocycles. The number of hydrogen-bond donors (Lipinski definition) is 1. The van der Waals surface area contributed by atoms with Crippen molar-refractivity contribution in [3.63, 3.8) is 0 Å². The van der Waals surface area contributed by atoms with E-state index in [4.69, 9.17) is 5.41 Å². The zero-order valence-corrected chi connectivity index (χ0v) is 18.5. The monoisotopic (exact) mass is 365 g/mol. The molecule has 0 bridgehead atoms. The topological polar surface area (TPSA) is 23.9 Å². The molecule has 0 aliphatic heterocycles. The van der Waals surface area contributed by atoms with Crippen LogP contribution in [0.4, 0.5) is 4.11 Å². The van der Waals surface area contributed by atoms with Gasteiger partial charge in [-0.1, -0.05) is 65.8 Å². The van der Waals surface area contributed by atoms with E-state index in [1.807, 2.05) is 53.7 Å². The zero-order chi connectivity index (χ0) is 19.5. The van der Waals surface area contributed by atoms with E-state index in [0.717, 1.165) is 35.6 Å². The minimum absolute atomic E-state index is 0.338. The summed E-state index contributed by atoms with van der Waals surface area (Å²) < 4.78 is 17.2. The summed E-state index contributed by atoms with van der Waals surface area (Å²) in [7, 11) is 1.27. The first-order valence-electron chi connectivity index (χ1n) is 9.34. The van der Waals surface area contributed by atoms with Gasteiger partial charge >= 0.3 is 0 Å². The summed E-state index contributed by atoms with van der Waals surface area (Å²) in [5.74, 6) is 0. The van der Waals surface area contributed by atoms with E-state index in [-0.39, 0.29) is 10.1 Å². The number of halogens is 1. The summed E-state index contributed by atoms with van der Waals surface area (Å²) in [6.07, 6.45) is 3.36. The first-order chi connectivity index (χ1) is 11.2. The molecule has 1 N–H and O–H groups in total. The molecule has 0 radical (unpaired) electrons. The van der Waals surface area contributed by atoms with Crippen molar-refractivity contribution in [1.29, 1.82) is 5.41 Å². The summed E-state index contributed by atoms with van der Waals surface area (Å²) in [6.45, 7) is 14.2. The molecule has 0 saturated heterocycles. The van der Waals surface area contributed by atoms with E-state index in [1.165, 1.54) is 11.8 Å². The Morgan fingerprint density at radius 3 is 1.88 bits per heavy atom. The van der Waals surface area contributed by atoms with E-state index in [9.17, 15) is 0 Å². The Morgan fingerprint density at radius 2 is 1.48 bits per heavy atom. The second-order valence-corrected chi connectivity index (χ2v) is 14.9. The largest absolute Gasteiger partial charge is 0.325 e. The Morgan fingerprint density at radius 1 is 1.00 bits per heavy atom. The quantitative estimate of drug-likeness (QED) is 0.219. The van der Waals surface area contributed by atoms with Crippen LogP contribution >= 0.6 is 0 Å². The van der Waals surface area contributed by atoms with Gasteiger partial charge in [-0.15, -0.1) is 0 Å². The van der Waals surface area contributed by atoms with Crippen LogP contribution in [0, 0.1) is 5.41 Å². The van der Waals surface area contributed by atoms with Crippen LogP contribution in [0.2, 0.25) is 10.1 Å². The number of unbranched alkanes of at least 4 members (excludes halogenated alkanes) is 1. The number of benzene rings is 1. The van der Waals surface area contributed by atoms with E-state index in [2.05, 4.69) is 26.2 Å². The van der Waals surface area contributed by atoms with Crippen molar-refractivity contribution in [2.75, 3.05) is 20.6 Å². The maximum Gasteiger partial charge on any atom is 0.288 e. The first-order valence-corrected chi connectivity index (χ1v) is 11.2. The van der Waals surface area contributed by atoms with Crippen LogP contribution in [0.5, 0.6) is 0 Å². The van der Waals surface area contributed by atoms with Crippen molar-refractivity contribution in [2.24, 2.45) is 0 Å². The maximum atomic E-state index is 16.3. The molecule has 0 aliphatic rings. The number of rotatable bonds is 7. The number of nitrogens with one attached hydrogen (secondary N) is 1. The molecule has 1 rings (SSSR count). The summed E-state index contributed by atoms with van der Waals surface area (Å²) in [4.78, 5) is 0. The number of nitrogens with zero attached hydrogens (tertiary/aromatic N) is 1. The van der Waals surface area contributed by atoms with Crippen LogP contribution in [0.3, 0.4) is 0 Å². The molecule has 0 aliphatic carbocycles. The van der Waals surface area contributed by atoms with Gasteiger partial charge in [0, 0.05) is 12.0 Å². The highest BCUT2D eigenvalue weighted by atomic mass is 28.4. The Hall–Kier alpha value is -1.00. The molecule has 0 spiro atoms. The lowest BCUT2D eigenvalue weighted by Gasteiger charge is -2.45. The van der Waals surface area contributed by atoms with Gasteiger partial charge in [0.25, 0.3) is 8.41 Å². The molecule has 1 aromatic rings. The molecule has 0 fully saturated rings. The van der Waals surface area contributed by atoms with Crippen LogP contribution in [0.15, 0.2) is 24.3 Å². The van der Waals surface area contributed by atoms with Gasteiger partial charge in [-0.3, -0.25) is 0 Å². The van der Waals surface area contributed by atoms with Gasteiger partial charge in [-0.25, -0.2) is 0 Å². The van der Waals surface area contributed by atoms with E-state index >= 15 is 4.11 Å². The standard InChI is InChI=1S/C21H38FN2Si/c1-20(2,3)25(22,21(4,5)6)19-13-11-18(12-14-19)17-24(7,8)16-10-9-15-23/h11-15,23H,9-10,16-17H2,1-8H3/q+1. The summed E-state index contributed by atoms with van der Waals surface area (Å²) in [5.41, 5.74) is 1.25. The van der Waals surface area contributed by atoms with Crippen molar-refractivity contribution in [1.82, 2.24) is 0 Å². The average Bonchev–Trinajstić information content (AvgIpc) is 2.44. The fourth-order valence-corrected chi connectivity index (χ4v) is 8.63. The third-order valence-electron chi connectivity index (χ3n) is 5.14. The highest BCUT2D eigenvalue weighted by Crippen LogP contribution is 2.51. The van der Waals surface area contributed by atoms with E-state index in [1.54, 1.807) is 0 Å². The van der Waals surface area contributed by atoms with Gasteiger partial charge in [0.1, 0.15) is 6.54 Å². The minimum Gasteiger partial charge on any atom is -0.325 e. The van der Waals surface area contributed by atoms with Gasteiger partial charge < -0.3 is 14.0 Å². The lowest BCUT2D eigenvalue weighted by molar-refractivity contribution is -0.903. The highest BCUT2D eigenvalue weighted by Gasteiger charge is 2.56. The lowest BCUT2D eigenvalue weighted by atomic mass is 10.2. The Kier molecular flexibility index (Phi) is 6.79. The molecular formula is C21H38FN2Si+. The molecule has 142 valence electrons. The average molecular weight is 366 g/mol. The van der Waals surface area contributed by atoms with Crippen LogP contribution in [0.25, 0.3) is 0 Å². The Labute approximate surface area is 155 Å². The number of hydrogen-bond acceptors (Lipinski definition) is 1. The number of quaternary nitrogens is 1. The van der Waals surface area contributed by atoms with Gasteiger partial charge in [-0.2, -0.15) is 0 Å². The molecule has 0 unspecified atom stereocenters. The fraction of sp³-hybridized carbons (Fsp3) is 0.667. The SMILES string of the molecule is CC(C)(C)[Si](F)(c1ccc(C[N+](C)(C)CCCC=N)cc1)C(C)(C)C. The summed E-state index contributed by atoms with van der Waals surface area (Å²) in [5, 5.41) is 7.38. The Bertz CT molecular complexity index is 551. The van der Waals surface area contributed by atoms with Crippen molar-refractivity contribution in [3.05, 3.63) is 29.8 Å². The molecule has 25 heavy (non-hydrogen) atoms. The third kappa shape index (κ3) is 5.24. The van der Waals surface area contributed by atoms with Crippen molar-refractivity contribution in [2.45, 2.75) is 71.0 Å². The van der Waals surface area contributed by atoms with Gasteiger partial charge in [0.05, 0.1) is 20.6 Å². The van der Waals surface area contributed by atoms with E-state index in [0.29, 0.717) is 0 Å². The van der Waals surface area contributed by atoms with Crippen LogP contribution < -0.4 is 5.19 Å². The molecule has 4 heteroatoms. The summed E-state index contributed by atoms with van der Waals surface area (Å²) in [6, 6.07) is 8.31. The Balaban J connectivity index is 3.03. The molecule has 0 amide bonds. The molecular weight excluding hydrogens is 327 g/mol. The van der Waals surface area contributed by atoms with Crippen molar-refractivity contribution >= 4 is 19.8 Å². The van der Waals surface area contributed by atoms with Gasteiger partial charge in [-0.05, 0) is 27.9 Å². The van der Waals surface area contributed by atoms with Gasteiger partial charge in [0.2, 0.25) is 0 Å². The second-order valence-electron chi connectivity index (χ2n) is 10.0. The van der Waals surface area contributed by atoms with Gasteiger partial charge in [0.15, 0.2) is 0 Å². The van der Waals surface area contributed by atoms with Crippen molar-refractivity contribution in [3.8, 4) is 0 Å². The molecule has 0 heterocycles. The molecule has 0 atom stereocenters. The van der Waals surface area contributed by atoms with Crippen molar-refractivity contribution < 1.29 is 8.59 Å². The smallest absolute Gasteiger partial charge is 0.288 e. The summed E-state index contributed by atoms with van der Waals surface area (Å²) >= 11 is 0. The predicted octanol–water partition coefficient (Wildman–Crippen LogP) is 5.41. The molecule has 0 aromatic heterocycles.